The lowest BCUT2D eigenvalue weighted by Crippen LogP contribution is -2.57. The molecule has 8 atom stereocenters. The summed E-state index contributed by atoms with van der Waals surface area (Å²) in [7, 11) is 0. The number of amides is 3. The molecule has 2 bridgehead atoms. The Kier molecular flexibility index (Phi) is 12.0. The monoisotopic (exact) mass is 687 g/mol. The fourth-order valence-electron chi connectivity index (χ4n) is 7.07. The van der Waals surface area contributed by atoms with Crippen LogP contribution in [-0.2, 0) is 28.7 Å². The summed E-state index contributed by atoms with van der Waals surface area (Å²) < 4.78 is 12.8. The molecule has 246 valence electrons. The molecule has 0 aromatic heterocycles. The average molecular weight is 689 g/mol. The largest absolute Gasteiger partial charge is 0.455 e. The average Bonchev–Trinajstić information content (AvgIpc) is 3.62. The number of likely N-dealkylation sites (tertiary alicyclic amines) is 1. The van der Waals surface area contributed by atoms with Crippen LogP contribution < -0.4 is 5.32 Å². The summed E-state index contributed by atoms with van der Waals surface area (Å²) in [6, 6.07) is 7.65. The van der Waals surface area contributed by atoms with E-state index in [1.807, 2.05) is 37.3 Å². The van der Waals surface area contributed by atoms with Gasteiger partial charge in [0.1, 0.15) is 17.7 Å². The van der Waals surface area contributed by atoms with E-state index in [9.17, 15) is 24.3 Å². The number of rotatable bonds is 17. The minimum atomic E-state index is -1.23. The Morgan fingerprint density at radius 2 is 1.98 bits per heavy atom. The quantitative estimate of drug-likeness (QED) is 0.145. The number of allylic oxidation sites excluding steroid dienone is 1. The van der Waals surface area contributed by atoms with Gasteiger partial charge in [0.25, 0.3) is 0 Å². The number of alkyl halides is 1. The van der Waals surface area contributed by atoms with Crippen molar-refractivity contribution in [3.8, 4) is 0 Å². The Morgan fingerprint density at radius 1 is 1.24 bits per heavy atom. The highest BCUT2D eigenvalue weighted by Crippen LogP contribution is 2.60. The minimum Gasteiger partial charge on any atom is -0.455 e. The molecule has 1 aromatic carbocycles. The highest BCUT2D eigenvalue weighted by molar-refractivity contribution is 9.09. The second-order valence-corrected chi connectivity index (χ2v) is 13.3. The van der Waals surface area contributed by atoms with Gasteiger partial charge in [-0.05, 0) is 38.2 Å². The van der Waals surface area contributed by atoms with Crippen molar-refractivity contribution in [3.63, 3.8) is 0 Å². The molecule has 45 heavy (non-hydrogen) atoms. The van der Waals surface area contributed by atoms with E-state index in [-0.39, 0.29) is 48.5 Å². The van der Waals surface area contributed by atoms with E-state index in [4.69, 9.17) is 9.47 Å². The fourth-order valence-corrected chi connectivity index (χ4v) is 8.01. The lowest BCUT2D eigenvalue weighted by molar-refractivity contribution is -0.162. The van der Waals surface area contributed by atoms with E-state index in [1.165, 1.54) is 4.90 Å². The number of carbonyl (C=O) groups is 4. The maximum Gasteiger partial charge on any atom is 0.313 e. The number of fused-ring (bicyclic) bond motifs is 1. The summed E-state index contributed by atoms with van der Waals surface area (Å²) in [4.78, 5) is 58.2. The molecular weight excluding hydrogens is 642 g/mol. The highest BCUT2D eigenvalue weighted by Gasteiger charge is 2.77. The van der Waals surface area contributed by atoms with Crippen molar-refractivity contribution in [3.05, 3.63) is 61.2 Å². The van der Waals surface area contributed by atoms with E-state index in [1.54, 1.807) is 24.0 Å². The van der Waals surface area contributed by atoms with Crippen molar-refractivity contribution in [2.75, 3.05) is 26.2 Å². The maximum atomic E-state index is 14.3. The van der Waals surface area contributed by atoms with E-state index in [2.05, 4.69) is 34.4 Å². The van der Waals surface area contributed by atoms with Gasteiger partial charge in [0.05, 0.1) is 24.0 Å². The second-order valence-electron chi connectivity index (χ2n) is 12.2. The van der Waals surface area contributed by atoms with Crippen molar-refractivity contribution in [2.24, 2.45) is 11.8 Å². The number of carbonyl (C=O) groups excluding carboxylic acids is 4. The van der Waals surface area contributed by atoms with E-state index >= 15 is 0 Å². The molecule has 1 spiro atoms. The first kappa shape index (κ1) is 34.8. The summed E-state index contributed by atoms with van der Waals surface area (Å²) in [5.41, 5.74) is -0.534. The lowest BCUT2D eigenvalue weighted by atomic mass is 9.70. The van der Waals surface area contributed by atoms with Gasteiger partial charge >= 0.3 is 5.97 Å². The molecule has 0 aliphatic carbocycles. The summed E-state index contributed by atoms with van der Waals surface area (Å²) in [6.45, 7) is 12.1. The SMILES string of the molecule is C=CCCC(=O)N[C@@H](C)[C@H](OC(=O)[C@H]1[C@@H]2O[C@@]3(CC2Br)[C@@H]1C(=O)N(CCCO)[C@@H]3C(=O)N(CC=C)CCCC)c1ccccc1. The van der Waals surface area contributed by atoms with Crippen LogP contribution in [-0.4, -0.2) is 93.5 Å². The Bertz CT molecular complexity index is 1250. The summed E-state index contributed by atoms with van der Waals surface area (Å²) in [6.07, 6.45) is 4.93. The first-order valence-corrected chi connectivity index (χ1v) is 16.8. The zero-order chi connectivity index (χ0) is 32.7. The molecule has 0 radical (unpaired) electrons. The number of benzene rings is 1. The molecule has 3 heterocycles. The van der Waals surface area contributed by atoms with Crippen LogP contribution in [0, 0.1) is 11.8 Å². The lowest BCUT2D eigenvalue weighted by Gasteiger charge is -2.37. The molecule has 1 aromatic rings. The molecule has 10 nitrogen and oxygen atoms in total. The standard InChI is InChI=1S/C34H46BrN3O7/c1-5-8-16-25(40)36-22(4)28(23-14-11-10-12-15-23)44-33(43)26-27-31(41)38(19-13-20-39)30(34(27)21-24(35)29(26)45-34)32(42)37(17-7-3)18-9-6-2/h5,7,10-12,14-15,22,24,26-30,39H,1,3,6,8-9,13,16-21H2,2,4H3,(H,36,40)/t22-,24?,26+,27-,28-,29+,30+,34-/m0/s1. The predicted octanol–water partition coefficient (Wildman–Crippen LogP) is 3.69. The van der Waals surface area contributed by atoms with Crippen LogP contribution in [0.5, 0.6) is 0 Å². The summed E-state index contributed by atoms with van der Waals surface area (Å²) >= 11 is 3.70. The first-order chi connectivity index (χ1) is 21.6. The number of esters is 1. The number of aliphatic hydroxyl groups is 1. The third-order valence-electron chi connectivity index (χ3n) is 9.08. The predicted molar refractivity (Wildman–Crippen MR) is 173 cm³/mol. The highest BCUT2D eigenvalue weighted by atomic mass is 79.9. The Hall–Kier alpha value is -3.02. The second kappa shape index (κ2) is 15.5. The molecule has 3 aliphatic heterocycles. The van der Waals surface area contributed by atoms with Crippen molar-refractivity contribution < 1.29 is 33.8 Å². The van der Waals surface area contributed by atoms with Crippen molar-refractivity contribution >= 4 is 39.6 Å². The Morgan fingerprint density at radius 3 is 2.62 bits per heavy atom. The van der Waals surface area contributed by atoms with Crippen LogP contribution in [0.4, 0.5) is 0 Å². The Balaban J connectivity index is 1.67. The molecule has 11 heteroatoms. The van der Waals surface area contributed by atoms with Crippen LogP contribution >= 0.6 is 15.9 Å². The number of ether oxygens (including phenoxy) is 2. The van der Waals surface area contributed by atoms with Gasteiger partial charge in [0, 0.05) is 37.5 Å². The summed E-state index contributed by atoms with van der Waals surface area (Å²) in [5.74, 6) is -3.30. The minimum absolute atomic E-state index is 0.153. The topological polar surface area (TPSA) is 125 Å². The molecule has 3 fully saturated rings. The van der Waals surface area contributed by atoms with E-state index in [0.717, 1.165) is 12.8 Å². The van der Waals surface area contributed by atoms with Gasteiger partial charge in [-0.25, -0.2) is 0 Å². The van der Waals surface area contributed by atoms with Crippen LogP contribution in [0.1, 0.15) is 64.0 Å². The maximum absolute atomic E-state index is 14.3. The normalized spacial score (nSPS) is 27.9. The van der Waals surface area contributed by atoms with Crippen molar-refractivity contribution in [1.82, 2.24) is 15.1 Å². The van der Waals surface area contributed by atoms with Gasteiger partial charge in [-0.15, -0.1) is 13.2 Å². The van der Waals surface area contributed by atoms with Gasteiger partial charge in [-0.3, -0.25) is 19.2 Å². The number of nitrogens with zero attached hydrogens (tertiary/aromatic N) is 2. The molecule has 1 unspecified atom stereocenters. The van der Waals surface area contributed by atoms with Crippen LogP contribution in [0.2, 0.25) is 0 Å². The Labute approximate surface area is 274 Å². The van der Waals surface area contributed by atoms with Crippen LogP contribution in [0.15, 0.2) is 55.6 Å². The van der Waals surface area contributed by atoms with Crippen LogP contribution in [0.25, 0.3) is 0 Å². The molecule has 4 rings (SSSR count). The van der Waals surface area contributed by atoms with E-state index in [0.29, 0.717) is 31.5 Å². The molecule has 3 aliphatic rings. The van der Waals surface area contributed by atoms with Crippen molar-refractivity contribution in [1.29, 1.82) is 0 Å². The third-order valence-corrected chi connectivity index (χ3v) is 9.93. The number of hydrogen-bond acceptors (Lipinski definition) is 7. The number of unbranched alkanes of at least 4 members (excludes halogenated alkanes) is 1. The number of aliphatic hydroxyl groups excluding tert-OH is 1. The molecular formula is C34H46BrN3O7. The zero-order valence-corrected chi connectivity index (χ0v) is 27.8. The van der Waals surface area contributed by atoms with Crippen molar-refractivity contribution in [2.45, 2.75) is 87.1 Å². The molecule has 0 saturated carbocycles. The molecule has 2 N–H and O–H groups in total. The first-order valence-electron chi connectivity index (χ1n) is 15.9. The number of nitrogens with one attached hydrogen (secondary N) is 1. The number of hydrogen-bond donors (Lipinski definition) is 2. The third kappa shape index (κ3) is 7.05. The van der Waals surface area contributed by atoms with Gasteiger partial charge in [0.2, 0.25) is 17.7 Å². The zero-order valence-electron chi connectivity index (χ0n) is 26.2. The smallest absolute Gasteiger partial charge is 0.313 e. The van der Waals surface area contributed by atoms with Crippen LogP contribution in [0.3, 0.4) is 0 Å². The van der Waals surface area contributed by atoms with E-state index < -0.39 is 47.7 Å². The fraction of sp³-hybridized carbons (Fsp3) is 0.588. The molecule has 3 saturated heterocycles. The van der Waals surface area contributed by atoms with Gasteiger partial charge in [-0.2, -0.15) is 0 Å². The van der Waals surface area contributed by atoms with Gasteiger partial charge in [0.15, 0.2) is 0 Å². The number of halogens is 1. The van der Waals surface area contributed by atoms with Gasteiger partial charge in [-0.1, -0.05) is 71.8 Å². The van der Waals surface area contributed by atoms with Gasteiger partial charge < -0.3 is 29.7 Å². The summed E-state index contributed by atoms with van der Waals surface area (Å²) in [5, 5.41) is 12.6. The molecule has 3 amide bonds.